The summed E-state index contributed by atoms with van der Waals surface area (Å²) < 4.78 is 5.22. The second-order valence-electron chi connectivity index (χ2n) is 4.33. The molecule has 2 unspecified atom stereocenters. The Morgan fingerprint density at radius 2 is 1.93 bits per heavy atom. The maximum Gasteiger partial charge on any atom is 0.307 e. The molecule has 0 radical (unpaired) electrons. The minimum Gasteiger partial charge on any atom is -0.463 e. The van der Waals surface area contributed by atoms with Crippen LogP contribution in [0.4, 0.5) is 0 Å². The van der Waals surface area contributed by atoms with Crippen molar-refractivity contribution in [3.8, 4) is 0 Å². The molecule has 0 bridgehead atoms. The van der Waals surface area contributed by atoms with Gasteiger partial charge in [-0.15, -0.1) is 0 Å². The normalized spacial score (nSPS) is 14.7. The van der Waals surface area contributed by atoms with Crippen molar-refractivity contribution in [3.05, 3.63) is 0 Å². The van der Waals surface area contributed by atoms with Crippen LogP contribution in [0.1, 0.15) is 59.3 Å². The average molecular weight is 215 g/mol. The summed E-state index contributed by atoms with van der Waals surface area (Å²) in [6.07, 6.45) is 6.18. The molecular weight excluding hydrogens is 190 g/mol. The van der Waals surface area contributed by atoms with Gasteiger partial charge in [-0.1, -0.05) is 26.2 Å². The quantitative estimate of drug-likeness (QED) is 0.500. The molecule has 0 heterocycles. The van der Waals surface area contributed by atoms with E-state index in [-0.39, 0.29) is 18.1 Å². The zero-order chi connectivity index (χ0) is 11.7. The summed E-state index contributed by atoms with van der Waals surface area (Å²) >= 11 is 0. The van der Waals surface area contributed by atoms with Crippen LogP contribution < -0.4 is 5.73 Å². The zero-order valence-electron chi connectivity index (χ0n) is 10.3. The molecule has 0 saturated carbocycles. The van der Waals surface area contributed by atoms with Crippen LogP contribution in [0.3, 0.4) is 0 Å². The highest BCUT2D eigenvalue weighted by Crippen LogP contribution is 2.08. The van der Waals surface area contributed by atoms with E-state index in [1.54, 1.807) is 0 Å². The van der Waals surface area contributed by atoms with Crippen LogP contribution in [0.15, 0.2) is 0 Å². The van der Waals surface area contributed by atoms with Gasteiger partial charge < -0.3 is 10.5 Å². The molecule has 0 aliphatic rings. The Kier molecular flexibility index (Phi) is 8.38. The fourth-order valence-corrected chi connectivity index (χ4v) is 1.45. The van der Waals surface area contributed by atoms with E-state index in [1.807, 2.05) is 13.8 Å². The van der Waals surface area contributed by atoms with Crippen molar-refractivity contribution in [1.82, 2.24) is 0 Å². The Balaban J connectivity index is 3.46. The zero-order valence-corrected chi connectivity index (χ0v) is 10.3. The van der Waals surface area contributed by atoms with Gasteiger partial charge in [0.2, 0.25) is 0 Å². The first-order chi connectivity index (χ1) is 7.06. The summed E-state index contributed by atoms with van der Waals surface area (Å²) in [5, 5.41) is 0. The van der Waals surface area contributed by atoms with Crippen molar-refractivity contribution in [1.29, 1.82) is 0 Å². The number of carbonyl (C=O) groups excluding carboxylic acids is 1. The minimum absolute atomic E-state index is 0.0353. The number of rotatable bonds is 8. The molecule has 0 saturated heterocycles. The van der Waals surface area contributed by atoms with Gasteiger partial charge in [0.25, 0.3) is 0 Å². The molecular formula is C12H25NO2. The highest BCUT2D eigenvalue weighted by atomic mass is 16.5. The summed E-state index contributed by atoms with van der Waals surface area (Å²) in [5.74, 6) is -0.173. The molecule has 2 atom stereocenters. The first kappa shape index (κ1) is 14.4. The van der Waals surface area contributed by atoms with Crippen molar-refractivity contribution in [2.75, 3.05) is 0 Å². The van der Waals surface area contributed by atoms with Gasteiger partial charge in [-0.3, -0.25) is 4.79 Å². The molecule has 0 aliphatic carbocycles. The number of hydrogen-bond acceptors (Lipinski definition) is 3. The number of carbonyl (C=O) groups is 1. The van der Waals surface area contributed by atoms with Crippen molar-refractivity contribution in [2.45, 2.75) is 71.4 Å². The largest absolute Gasteiger partial charge is 0.463 e. The van der Waals surface area contributed by atoms with Crippen molar-refractivity contribution < 1.29 is 9.53 Å². The van der Waals surface area contributed by atoms with E-state index in [9.17, 15) is 4.79 Å². The van der Waals surface area contributed by atoms with E-state index in [4.69, 9.17) is 10.5 Å². The molecule has 0 aromatic rings. The number of ether oxygens (including phenoxy) is 1. The highest BCUT2D eigenvalue weighted by molar-refractivity contribution is 5.70. The van der Waals surface area contributed by atoms with Crippen molar-refractivity contribution in [2.24, 2.45) is 5.73 Å². The van der Waals surface area contributed by atoms with Crippen LogP contribution >= 0.6 is 0 Å². The van der Waals surface area contributed by atoms with Crippen LogP contribution in [0, 0.1) is 0 Å². The van der Waals surface area contributed by atoms with Crippen molar-refractivity contribution >= 4 is 5.97 Å². The van der Waals surface area contributed by atoms with Crippen LogP contribution in [0.25, 0.3) is 0 Å². The highest BCUT2D eigenvalue weighted by Gasteiger charge is 2.10. The first-order valence-electron chi connectivity index (χ1n) is 6.01. The molecule has 0 spiro atoms. The summed E-state index contributed by atoms with van der Waals surface area (Å²) in [6, 6.07) is -0.107. The van der Waals surface area contributed by atoms with Gasteiger partial charge in [0.1, 0.15) is 0 Å². The maximum atomic E-state index is 11.3. The predicted molar refractivity (Wildman–Crippen MR) is 62.6 cm³/mol. The molecule has 90 valence electrons. The van der Waals surface area contributed by atoms with Crippen LogP contribution in [0.2, 0.25) is 0 Å². The lowest BCUT2D eigenvalue weighted by molar-refractivity contribution is -0.148. The fraction of sp³-hybridized carbons (Fsp3) is 0.917. The van der Waals surface area contributed by atoms with Gasteiger partial charge in [0.05, 0.1) is 12.5 Å². The minimum atomic E-state index is -0.173. The molecule has 15 heavy (non-hydrogen) atoms. The molecule has 3 heteroatoms. The summed E-state index contributed by atoms with van der Waals surface area (Å²) in [4.78, 5) is 11.3. The average Bonchev–Trinajstić information content (AvgIpc) is 2.10. The van der Waals surface area contributed by atoms with Crippen LogP contribution in [0.5, 0.6) is 0 Å². The predicted octanol–water partition coefficient (Wildman–Crippen LogP) is 2.63. The second-order valence-corrected chi connectivity index (χ2v) is 4.33. The lowest BCUT2D eigenvalue weighted by Crippen LogP contribution is -2.23. The fourth-order valence-electron chi connectivity index (χ4n) is 1.45. The van der Waals surface area contributed by atoms with Crippen LogP contribution in [-0.2, 0) is 9.53 Å². The molecule has 3 nitrogen and oxygen atoms in total. The summed E-state index contributed by atoms with van der Waals surface area (Å²) in [6.45, 7) is 5.95. The number of unbranched alkanes of at least 4 members (excludes halogenated alkanes) is 3. The molecule has 0 aromatic heterocycles. The number of hydrogen-bond donors (Lipinski definition) is 1. The van der Waals surface area contributed by atoms with E-state index in [0.717, 1.165) is 12.8 Å². The van der Waals surface area contributed by atoms with Gasteiger partial charge >= 0.3 is 5.97 Å². The third kappa shape index (κ3) is 9.73. The molecule has 0 aliphatic heterocycles. The Bertz CT molecular complexity index is 169. The molecule has 0 rings (SSSR count). The van der Waals surface area contributed by atoms with Gasteiger partial charge in [-0.2, -0.15) is 0 Å². The number of esters is 1. The van der Waals surface area contributed by atoms with Gasteiger partial charge in [0, 0.05) is 6.04 Å². The standard InChI is InChI=1S/C12H25NO2/c1-4-5-6-7-8-11(3)15-12(14)9-10(2)13/h10-11H,4-9,13H2,1-3H3. The van der Waals surface area contributed by atoms with Gasteiger partial charge in [-0.25, -0.2) is 0 Å². The Hall–Kier alpha value is -0.570. The molecule has 0 fully saturated rings. The van der Waals surface area contributed by atoms with E-state index < -0.39 is 0 Å². The maximum absolute atomic E-state index is 11.3. The Labute approximate surface area is 93.4 Å². The van der Waals surface area contributed by atoms with E-state index in [1.165, 1.54) is 19.3 Å². The second kappa shape index (κ2) is 8.72. The smallest absolute Gasteiger partial charge is 0.307 e. The third-order valence-corrected chi connectivity index (χ3v) is 2.29. The first-order valence-corrected chi connectivity index (χ1v) is 6.01. The Morgan fingerprint density at radius 1 is 1.27 bits per heavy atom. The summed E-state index contributed by atoms with van der Waals surface area (Å²) in [5.41, 5.74) is 5.51. The summed E-state index contributed by atoms with van der Waals surface area (Å²) in [7, 11) is 0. The number of nitrogens with two attached hydrogens (primary N) is 1. The SMILES string of the molecule is CCCCCCC(C)OC(=O)CC(C)N. The Morgan fingerprint density at radius 3 is 2.47 bits per heavy atom. The lowest BCUT2D eigenvalue weighted by Gasteiger charge is -2.13. The molecule has 0 aromatic carbocycles. The van der Waals surface area contributed by atoms with Crippen molar-refractivity contribution in [3.63, 3.8) is 0 Å². The lowest BCUT2D eigenvalue weighted by atomic mass is 10.1. The van der Waals surface area contributed by atoms with E-state index >= 15 is 0 Å². The third-order valence-electron chi connectivity index (χ3n) is 2.29. The topological polar surface area (TPSA) is 52.3 Å². The monoisotopic (exact) mass is 215 g/mol. The van der Waals surface area contributed by atoms with Crippen LogP contribution in [-0.4, -0.2) is 18.1 Å². The molecule has 2 N–H and O–H groups in total. The van der Waals surface area contributed by atoms with Gasteiger partial charge in [0.15, 0.2) is 0 Å². The molecule has 0 amide bonds. The van der Waals surface area contributed by atoms with Gasteiger partial charge in [-0.05, 0) is 26.7 Å². The van der Waals surface area contributed by atoms with E-state index in [0.29, 0.717) is 6.42 Å². The van der Waals surface area contributed by atoms with E-state index in [2.05, 4.69) is 6.92 Å².